The summed E-state index contributed by atoms with van der Waals surface area (Å²) >= 11 is 1.51. The zero-order valence-electron chi connectivity index (χ0n) is 16.1. The van der Waals surface area contributed by atoms with Crippen LogP contribution in [0.15, 0.2) is 41.3 Å². The Labute approximate surface area is 173 Å². The minimum absolute atomic E-state index is 0.0563. The van der Waals surface area contributed by atoms with Gasteiger partial charge in [0, 0.05) is 16.5 Å². The second kappa shape index (κ2) is 7.34. The molecule has 2 fully saturated rings. The normalized spacial score (nSPS) is 24.0. The number of nitrogens with zero attached hydrogens (tertiary/aromatic N) is 1. The van der Waals surface area contributed by atoms with Crippen LogP contribution in [-0.2, 0) is 16.0 Å². The molecule has 3 heterocycles. The van der Waals surface area contributed by atoms with Gasteiger partial charge < -0.3 is 14.7 Å². The lowest BCUT2D eigenvalue weighted by atomic mass is 9.96. The highest BCUT2D eigenvalue weighted by atomic mass is 32.1. The zero-order valence-corrected chi connectivity index (χ0v) is 16.9. The van der Waals surface area contributed by atoms with Gasteiger partial charge in [-0.1, -0.05) is 18.9 Å². The number of likely N-dealkylation sites (tertiary alicyclic amines) is 1. The number of ketones is 1. The molecule has 1 N–H and O–H groups in total. The van der Waals surface area contributed by atoms with Crippen LogP contribution in [0.3, 0.4) is 0 Å². The van der Waals surface area contributed by atoms with Crippen LogP contribution in [-0.4, -0.2) is 34.3 Å². The first-order chi connectivity index (χ1) is 14.1. The topological polar surface area (TPSA) is 66.8 Å². The van der Waals surface area contributed by atoms with E-state index in [1.807, 2.05) is 29.6 Å². The van der Waals surface area contributed by atoms with Crippen LogP contribution in [0, 0.1) is 0 Å². The fraction of sp³-hybridized carbons (Fsp3) is 0.391. The van der Waals surface area contributed by atoms with E-state index in [4.69, 9.17) is 4.74 Å². The molecule has 2 aromatic rings. The molecule has 1 aromatic carbocycles. The van der Waals surface area contributed by atoms with Gasteiger partial charge in [-0.2, -0.15) is 0 Å². The van der Waals surface area contributed by atoms with Crippen LogP contribution in [0.1, 0.15) is 54.1 Å². The Kier molecular flexibility index (Phi) is 4.66. The van der Waals surface area contributed by atoms with E-state index in [2.05, 4.69) is 0 Å². The zero-order chi connectivity index (χ0) is 20.0. The minimum atomic E-state index is -0.582. The highest BCUT2D eigenvalue weighted by molar-refractivity contribution is 7.10. The Balaban J connectivity index is 1.63. The third kappa shape index (κ3) is 3.06. The van der Waals surface area contributed by atoms with Gasteiger partial charge in [-0.3, -0.25) is 9.59 Å². The van der Waals surface area contributed by atoms with Crippen molar-refractivity contribution in [2.24, 2.45) is 0 Å². The van der Waals surface area contributed by atoms with Crippen LogP contribution in [0.5, 0.6) is 5.75 Å². The number of amides is 1. The van der Waals surface area contributed by atoms with Crippen LogP contribution in [0.25, 0.3) is 5.76 Å². The molecule has 1 aromatic heterocycles. The van der Waals surface area contributed by atoms with E-state index >= 15 is 0 Å². The van der Waals surface area contributed by atoms with E-state index < -0.39 is 17.7 Å². The Morgan fingerprint density at radius 2 is 1.97 bits per heavy atom. The standard InChI is InChI=1S/C23H23NO4S/c25-21(15-9-10-17-14(13-15)5-3-11-28-17)19-20(18-8-4-12-29-18)24(23(27)22(19)26)16-6-1-2-7-16/h4,8-10,12-13,16,20,25H,1-3,5-7,11H2/b21-19-. The van der Waals surface area contributed by atoms with E-state index in [9.17, 15) is 14.7 Å². The molecule has 1 saturated carbocycles. The second-order valence-corrected chi connectivity index (χ2v) is 8.91. The number of rotatable bonds is 3. The molecule has 1 unspecified atom stereocenters. The van der Waals surface area contributed by atoms with Gasteiger partial charge in [-0.05, 0) is 60.9 Å². The van der Waals surface area contributed by atoms with E-state index in [1.54, 1.807) is 11.0 Å². The molecule has 3 aliphatic rings. The number of aliphatic hydroxyl groups excluding tert-OH is 1. The molecule has 0 radical (unpaired) electrons. The number of carbonyl (C=O) groups is 2. The van der Waals surface area contributed by atoms with Crippen molar-refractivity contribution in [3.8, 4) is 5.75 Å². The summed E-state index contributed by atoms with van der Waals surface area (Å²) in [5, 5.41) is 13.1. The summed E-state index contributed by atoms with van der Waals surface area (Å²) in [6, 6.07) is 8.91. The Hall–Kier alpha value is -2.60. The average Bonchev–Trinajstić information content (AvgIpc) is 3.49. The second-order valence-electron chi connectivity index (χ2n) is 7.93. The Morgan fingerprint density at radius 1 is 1.14 bits per heavy atom. The highest BCUT2D eigenvalue weighted by Gasteiger charge is 2.49. The van der Waals surface area contributed by atoms with Crippen LogP contribution in [0.2, 0.25) is 0 Å². The van der Waals surface area contributed by atoms with Gasteiger partial charge in [-0.15, -0.1) is 11.3 Å². The van der Waals surface area contributed by atoms with Crippen molar-refractivity contribution >= 4 is 28.8 Å². The Morgan fingerprint density at radius 3 is 2.72 bits per heavy atom. The summed E-state index contributed by atoms with van der Waals surface area (Å²) in [6.07, 6.45) is 5.75. The maximum Gasteiger partial charge on any atom is 0.295 e. The molecule has 0 spiro atoms. The fourth-order valence-electron chi connectivity index (χ4n) is 4.80. The van der Waals surface area contributed by atoms with Crippen molar-refractivity contribution in [1.82, 2.24) is 4.90 Å². The molecule has 150 valence electrons. The summed E-state index contributed by atoms with van der Waals surface area (Å²) in [6.45, 7) is 0.698. The van der Waals surface area contributed by atoms with Gasteiger partial charge >= 0.3 is 0 Å². The van der Waals surface area contributed by atoms with Crippen molar-refractivity contribution in [2.75, 3.05) is 6.61 Å². The quantitative estimate of drug-likeness (QED) is 0.462. The lowest BCUT2D eigenvalue weighted by Crippen LogP contribution is -2.37. The van der Waals surface area contributed by atoms with Crippen LogP contribution >= 0.6 is 11.3 Å². The first-order valence-electron chi connectivity index (χ1n) is 10.2. The number of fused-ring (bicyclic) bond motifs is 1. The van der Waals surface area contributed by atoms with Crippen molar-refractivity contribution in [2.45, 2.75) is 50.6 Å². The maximum absolute atomic E-state index is 13.1. The number of thiophene rings is 1. The molecule has 6 heteroatoms. The predicted octanol–water partition coefficient (Wildman–Crippen LogP) is 4.44. The molecule has 1 aliphatic carbocycles. The van der Waals surface area contributed by atoms with Crippen molar-refractivity contribution < 1.29 is 19.4 Å². The molecule has 1 atom stereocenters. The minimum Gasteiger partial charge on any atom is -0.507 e. The van der Waals surface area contributed by atoms with Gasteiger partial charge in [0.05, 0.1) is 18.2 Å². The number of ether oxygens (including phenoxy) is 1. The average molecular weight is 410 g/mol. The van der Waals surface area contributed by atoms with Crippen LogP contribution in [0.4, 0.5) is 0 Å². The van der Waals surface area contributed by atoms with E-state index in [1.165, 1.54) is 11.3 Å². The number of carbonyl (C=O) groups excluding carboxylic acids is 2. The van der Waals surface area contributed by atoms with Crippen molar-refractivity contribution in [1.29, 1.82) is 0 Å². The summed E-state index contributed by atoms with van der Waals surface area (Å²) in [5.74, 6) is -0.329. The molecule has 0 bridgehead atoms. The number of hydrogen-bond donors (Lipinski definition) is 1. The van der Waals surface area contributed by atoms with E-state index in [-0.39, 0.29) is 17.4 Å². The summed E-state index contributed by atoms with van der Waals surface area (Å²) in [5.41, 5.74) is 1.80. The lowest BCUT2D eigenvalue weighted by Gasteiger charge is -2.29. The third-order valence-corrected chi connectivity index (χ3v) is 7.12. The van der Waals surface area contributed by atoms with Crippen molar-refractivity contribution in [3.05, 3.63) is 57.3 Å². The molecule has 2 aliphatic heterocycles. The fourth-order valence-corrected chi connectivity index (χ4v) is 5.63. The maximum atomic E-state index is 13.1. The number of aliphatic hydroxyl groups is 1. The number of Topliss-reactive ketones (excluding diaryl/α,β-unsaturated/α-hetero) is 1. The Bertz CT molecular complexity index is 988. The van der Waals surface area contributed by atoms with Gasteiger partial charge in [0.1, 0.15) is 11.5 Å². The van der Waals surface area contributed by atoms with Gasteiger partial charge in [-0.25, -0.2) is 0 Å². The number of benzene rings is 1. The molecular formula is C23H23NO4S. The number of aryl methyl sites for hydroxylation is 1. The summed E-state index contributed by atoms with van der Waals surface area (Å²) in [7, 11) is 0. The molecule has 1 saturated heterocycles. The van der Waals surface area contributed by atoms with E-state index in [0.29, 0.717) is 12.2 Å². The summed E-state index contributed by atoms with van der Waals surface area (Å²) < 4.78 is 5.66. The first-order valence-corrected chi connectivity index (χ1v) is 11.1. The monoisotopic (exact) mass is 409 g/mol. The van der Waals surface area contributed by atoms with Gasteiger partial charge in [0.25, 0.3) is 11.7 Å². The molecule has 29 heavy (non-hydrogen) atoms. The van der Waals surface area contributed by atoms with Gasteiger partial charge in [0.15, 0.2) is 0 Å². The molecule has 1 amide bonds. The smallest absolute Gasteiger partial charge is 0.295 e. The lowest BCUT2D eigenvalue weighted by molar-refractivity contribution is -0.141. The van der Waals surface area contributed by atoms with Crippen molar-refractivity contribution in [3.63, 3.8) is 0 Å². The molecular weight excluding hydrogens is 386 g/mol. The molecule has 5 rings (SSSR count). The first kappa shape index (κ1) is 18.4. The number of hydrogen-bond acceptors (Lipinski definition) is 5. The SMILES string of the molecule is O=C1C(=O)N(C2CCCC2)C(c2cccs2)/C1=C(/O)c1ccc2c(c1)CCCO2. The third-order valence-electron chi connectivity index (χ3n) is 6.19. The predicted molar refractivity (Wildman–Crippen MR) is 111 cm³/mol. The summed E-state index contributed by atoms with van der Waals surface area (Å²) in [4.78, 5) is 28.7. The molecule has 5 nitrogen and oxygen atoms in total. The van der Waals surface area contributed by atoms with Gasteiger partial charge in [0.2, 0.25) is 0 Å². The largest absolute Gasteiger partial charge is 0.507 e. The van der Waals surface area contributed by atoms with E-state index in [0.717, 1.165) is 54.7 Å². The highest BCUT2D eigenvalue weighted by Crippen LogP contribution is 2.45. The van der Waals surface area contributed by atoms with Crippen LogP contribution < -0.4 is 4.74 Å².